The number of hydrogen-bond acceptors (Lipinski definition) is 4. The van der Waals surface area contributed by atoms with Crippen LogP contribution in [-0.4, -0.2) is 23.9 Å². The molecule has 1 aliphatic heterocycles. The quantitative estimate of drug-likeness (QED) is 0.702. The van der Waals surface area contributed by atoms with Gasteiger partial charge in [-0.25, -0.2) is 4.98 Å². The molecule has 3 N–H and O–H groups in total. The Hall–Kier alpha value is -1.42. The molecule has 0 unspecified atom stereocenters. The molecule has 1 aromatic heterocycles. The van der Waals surface area contributed by atoms with E-state index in [4.69, 9.17) is 5.73 Å². The number of anilines is 1. The Morgan fingerprint density at radius 2 is 2.13 bits per heavy atom. The number of nitrogen functional groups attached to an aromatic ring is 1. The average molecular weight is 205 g/mol. The number of carbonyl (C=O) groups excluding carboxylic acids is 1. The van der Waals surface area contributed by atoms with Crippen molar-refractivity contribution in [1.29, 1.82) is 0 Å². The first-order valence-corrected chi connectivity index (χ1v) is 5.25. The van der Waals surface area contributed by atoms with Crippen LogP contribution >= 0.6 is 0 Å². The molecule has 1 aliphatic rings. The molecule has 0 spiro atoms. The molecule has 0 aromatic carbocycles. The third-order valence-electron chi connectivity index (χ3n) is 2.73. The second-order valence-corrected chi connectivity index (χ2v) is 3.84. The highest BCUT2D eigenvalue weighted by molar-refractivity contribution is 5.96. The lowest BCUT2D eigenvalue weighted by Gasteiger charge is -2.20. The number of piperidine rings is 1. The van der Waals surface area contributed by atoms with Crippen LogP contribution in [0.1, 0.15) is 23.3 Å². The Balaban J connectivity index is 2.12. The van der Waals surface area contributed by atoms with E-state index in [1.54, 1.807) is 18.2 Å². The van der Waals surface area contributed by atoms with Crippen LogP contribution in [0.4, 0.5) is 5.82 Å². The molecule has 15 heavy (non-hydrogen) atoms. The van der Waals surface area contributed by atoms with E-state index in [1.165, 1.54) is 0 Å². The van der Waals surface area contributed by atoms with Crippen LogP contribution in [0.5, 0.6) is 0 Å². The Morgan fingerprint density at radius 3 is 2.80 bits per heavy atom. The molecule has 4 heteroatoms. The normalized spacial score (nSPS) is 17.6. The monoisotopic (exact) mass is 205 g/mol. The van der Waals surface area contributed by atoms with Crippen molar-refractivity contribution in [1.82, 2.24) is 10.3 Å². The summed E-state index contributed by atoms with van der Waals surface area (Å²) in [7, 11) is 0. The molecule has 0 amide bonds. The van der Waals surface area contributed by atoms with Gasteiger partial charge in [0.05, 0.1) is 0 Å². The molecule has 2 rings (SSSR count). The molecule has 0 radical (unpaired) electrons. The number of nitrogens with one attached hydrogen (secondary N) is 1. The van der Waals surface area contributed by atoms with Crippen molar-refractivity contribution in [2.45, 2.75) is 12.8 Å². The van der Waals surface area contributed by atoms with E-state index in [9.17, 15) is 4.79 Å². The van der Waals surface area contributed by atoms with Crippen LogP contribution in [0.3, 0.4) is 0 Å². The van der Waals surface area contributed by atoms with Gasteiger partial charge < -0.3 is 11.1 Å². The Bertz CT molecular complexity index is 359. The fraction of sp³-hybridized carbons (Fsp3) is 0.455. The van der Waals surface area contributed by atoms with Gasteiger partial charge in [-0.1, -0.05) is 6.07 Å². The van der Waals surface area contributed by atoms with Crippen LogP contribution in [0.25, 0.3) is 0 Å². The second kappa shape index (κ2) is 4.40. The topological polar surface area (TPSA) is 68.0 Å². The number of rotatable bonds is 2. The van der Waals surface area contributed by atoms with Gasteiger partial charge in [0.2, 0.25) is 0 Å². The number of ketones is 1. The first-order chi connectivity index (χ1) is 7.27. The highest BCUT2D eigenvalue weighted by Gasteiger charge is 2.22. The van der Waals surface area contributed by atoms with Gasteiger partial charge in [-0.2, -0.15) is 0 Å². The molecule has 1 saturated heterocycles. The van der Waals surface area contributed by atoms with Crippen molar-refractivity contribution < 1.29 is 4.79 Å². The number of hydrogen-bond donors (Lipinski definition) is 2. The van der Waals surface area contributed by atoms with E-state index in [-0.39, 0.29) is 11.7 Å². The summed E-state index contributed by atoms with van der Waals surface area (Å²) < 4.78 is 0. The van der Waals surface area contributed by atoms with Crippen molar-refractivity contribution in [3.63, 3.8) is 0 Å². The lowest BCUT2D eigenvalue weighted by Crippen LogP contribution is -2.32. The van der Waals surface area contributed by atoms with Crippen molar-refractivity contribution in [2.24, 2.45) is 5.92 Å². The standard InChI is InChI=1S/C11H15N3O/c12-10-3-1-2-9(14-10)11(15)8-4-6-13-7-5-8/h1-3,8,13H,4-7H2,(H2,12,14). The maximum Gasteiger partial charge on any atom is 0.184 e. The average Bonchev–Trinajstić information content (AvgIpc) is 2.29. The Morgan fingerprint density at radius 1 is 1.40 bits per heavy atom. The van der Waals surface area contributed by atoms with Crippen molar-refractivity contribution in [2.75, 3.05) is 18.8 Å². The largest absolute Gasteiger partial charge is 0.384 e. The predicted molar refractivity (Wildman–Crippen MR) is 58.6 cm³/mol. The van der Waals surface area contributed by atoms with Gasteiger partial charge in [0.25, 0.3) is 0 Å². The van der Waals surface area contributed by atoms with Crippen molar-refractivity contribution >= 4 is 11.6 Å². The number of carbonyl (C=O) groups is 1. The maximum atomic E-state index is 12.0. The molecule has 0 bridgehead atoms. The fourth-order valence-corrected chi connectivity index (χ4v) is 1.88. The SMILES string of the molecule is Nc1cccc(C(=O)C2CCNCC2)n1. The minimum Gasteiger partial charge on any atom is -0.384 e. The summed E-state index contributed by atoms with van der Waals surface area (Å²) in [5, 5.41) is 3.24. The first-order valence-electron chi connectivity index (χ1n) is 5.25. The first kappa shape index (κ1) is 10.1. The predicted octanol–water partition coefficient (Wildman–Crippen LogP) is 0.846. The van der Waals surface area contributed by atoms with Gasteiger partial charge in [-0.3, -0.25) is 4.79 Å². The van der Waals surface area contributed by atoms with Crippen LogP contribution < -0.4 is 11.1 Å². The highest BCUT2D eigenvalue weighted by Crippen LogP contribution is 2.17. The fourth-order valence-electron chi connectivity index (χ4n) is 1.88. The van der Waals surface area contributed by atoms with E-state index < -0.39 is 0 Å². The van der Waals surface area contributed by atoms with Crippen LogP contribution in [-0.2, 0) is 0 Å². The second-order valence-electron chi connectivity index (χ2n) is 3.84. The molecule has 1 aromatic rings. The van der Waals surface area contributed by atoms with Crippen molar-refractivity contribution in [3.05, 3.63) is 23.9 Å². The highest BCUT2D eigenvalue weighted by atomic mass is 16.1. The van der Waals surface area contributed by atoms with E-state index in [1.807, 2.05) is 0 Å². The zero-order chi connectivity index (χ0) is 10.7. The van der Waals surface area contributed by atoms with E-state index >= 15 is 0 Å². The van der Waals surface area contributed by atoms with Gasteiger partial charge in [0, 0.05) is 5.92 Å². The number of nitrogens with zero attached hydrogens (tertiary/aromatic N) is 1. The van der Waals surface area contributed by atoms with Crippen LogP contribution in [0.2, 0.25) is 0 Å². The minimum absolute atomic E-state index is 0.112. The van der Waals surface area contributed by atoms with Crippen LogP contribution in [0, 0.1) is 5.92 Å². The zero-order valence-electron chi connectivity index (χ0n) is 8.57. The summed E-state index contributed by atoms with van der Waals surface area (Å²) in [6.07, 6.45) is 1.80. The van der Waals surface area contributed by atoms with Gasteiger partial charge >= 0.3 is 0 Å². The molecule has 80 valence electrons. The van der Waals surface area contributed by atoms with Crippen LogP contribution in [0.15, 0.2) is 18.2 Å². The van der Waals surface area contributed by atoms with Gasteiger partial charge in [0.1, 0.15) is 11.5 Å². The summed E-state index contributed by atoms with van der Waals surface area (Å²) in [6, 6.07) is 5.20. The number of Topliss-reactive ketones (excluding diaryl/α,β-unsaturated/α-hetero) is 1. The Labute approximate surface area is 88.9 Å². The number of nitrogens with two attached hydrogens (primary N) is 1. The van der Waals surface area contributed by atoms with Gasteiger partial charge in [-0.15, -0.1) is 0 Å². The molecule has 0 atom stereocenters. The summed E-state index contributed by atoms with van der Waals surface area (Å²) in [5.41, 5.74) is 6.05. The Kier molecular flexibility index (Phi) is 2.97. The number of pyridine rings is 1. The molecule has 2 heterocycles. The summed E-state index contributed by atoms with van der Waals surface area (Å²) in [5.74, 6) is 0.652. The maximum absolute atomic E-state index is 12.0. The summed E-state index contributed by atoms with van der Waals surface area (Å²) in [6.45, 7) is 1.83. The van der Waals surface area contributed by atoms with E-state index in [0.29, 0.717) is 11.5 Å². The van der Waals surface area contributed by atoms with Gasteiger partial charge in [0.15, 0.2) is 5.78 Å². The van der Waals surface area contributed by atoms with E-state index in [0.717, 1.165) is 25.9 Å². The van der Waals surface area contributed by atoms with E-state index in [2.05, 4.69) is 10.3 Å². The molecular formula is C11H15N3O. The lowest BCUT2D eigenvalue weighted by molar-refractivity contribution is 0.0890. The molecule has 1 fully saturated rings. The van der Waals surface area contributed by atoms with Crippen molar-refractivity contribution in [3.8, 4) is 0 Å². The number of aromatic nitrogens is 1. The molecule has 0 aliphatic carbocycles. The smallest absolute Gasteiger partial charge is 0.184 e. The summed E-state index contributed by atoms with van der Waals surface area (Å²) in [4.78, 5) is 16.1. The minimum atomic E-state index is 0.112. The third kappa shape index (κ3) is 2.33. The molecule has 4 nitrogen and oxygen atoms in total. The van der Waals surface area contributed by atoms with Gasteiger partial charge in [-0.05, 0) is 38.1 Å². The third-order valence-corrected chi connectivity index (χ3v) is 2.73. The molecular weight excluding hydrogens is 190 g/mol. The summed E-state index contributed by atoms with van der Waals surface area (Å²) >= 11 is 0. The lowest BCUT2D eigenvalue weighted by atomic mass is 9.92. The zero-order valence-corrected chi connectivity index (χ0v) is 8.57. The molecule has 0 saturated carbocycles.